The van der Waals surface area contributed by atoms with Gasteiger partial charge in [0.05, 0.1) is 23.5 Å². The van der Waals surface area contributed by atoms with E-state index in [2.05, 4.69) is 15.6 Å². The summed E-state index contributed by atoms with van der Waals surface area (Å²) >= 11 is 6.24. The van der Waals surface area contributed by atoms with Gasteiger partial charge in [-0.3, -0.25) is 14.6 Å². The van der Waals surface area contributed by atoms with Gasteiger partial charge in [-0.05, 0) is 55.3 Å². The highest BCUT2D eigenvalue weighted by atomic mass is 35.5. The lowest BCUT2D eigenvalue weighted by atomic mass is 10.1. The van der Waals surface area contributed by atoms with Gasteiger partial charge in [0.1, 0.15) is 11.5 Å². The highest BCUT2D eigenvalue weighted by Crippen LogP contribution is 2.27. The Balaban J connectivity index is 1.73. The van der Waals surface area contributed by atoms with Crippen molar-refractivity contribution in [1.29, 1.82) is 0 Å². The van der Waals surface area contributed by atoms with E-state index in [-0.39, 0.29) is 18.1 Å². The molecule has 2 aromatic heterocycles. The van der Waals surface area contributed by atoms with Crippen molar-refractivity contribution in [2.24, 2.45) is 0 Å². The lowest BCUT2D eigenvalue weighted by Gasteiger charge is -2.12. The van der Waals surface area contributed by atoms with Crippen LogP contribution in [0.1, 0.15) is 37.7 Å². The Morgan fingerprint density at radius 1 is 1.15 bits per heavy atom. The summed E-state index contributed by atoms with van der Waals surface area (Å²) in [5, 5.41) is 5.95. The predicted octanol–water partition coefficient (Wildman–Crippen LogP) is 4.13. The fourth-order valence-electron chi connectivity index (χ4n) is 2.63. The number of halogens is 1. The molecule has 3 rings (SSSR count). The molecule has 0 atom stereocenters. The maximum Gasteiger partial charge on any atom is 0.270 e. The van der Waals surface area contributed by atoms with Crippen molar-refractivity contribution in [1.82, 2.24) is 10.3 Å². The summed E-state index contributed by atoms with van der Waals surface area (Å²) in [5.74, 6) is -0.140. The largest absolute Gasteiger partial charge is 0.467 e. The second-order valence-electron chi connectivity index (χ2n) is 6.08. The predicted molar refractivity (Wildman–Crippen MR) is 103 cm³/mol. The van der Waals surface area contributed by atoms with Crippen LogP contribution in [0.2, 0.25) is 5.02 Å². The molecule has 2 N–H and O–H groups in total. The second-order valence-corrected chi connectivity index (χ2v) is 6.49. The molecule has 2 heterocycles. The van der Waals surface area contributed by atoms with Crippen LogP contribution in [0.5, 0.6) is 0 Å². The topological polar surface area (TPSA) is 84.2 Å². The molecule has 0 aliphatic rings. The molecular formula is C20H18ClN3O3. The third kappa shape index (κ3) is 4.54. The molecule has 138 valence electrons. The van der Waals surface area contributed by atoms with Crippen LogP contribution in [0.15, 0.2) is 53.3 Å². The average molecular weight is 384 g/mol. The van der Waals surface area contributed by atoms with Crippen molar-refractivity contribution >= 4 is 29.1 Å². The summed E-state index contributed by atoms with van der Waals surface area (Å²) in [5.41, 5.74) is 2.87. The number of nitrogens with one attached hydrogen (secondary N) is 2. The average Bonchev–Trinajstić information content (AvgIpc) is 3.16. The number of carbonyl (C=O) groups excluding carboxylic acids is 2. The van der Waals surface area contributed by atoms with Crippen molar-refractivity contribution in [3.05, 3.63) is 82.0 Å². The van der Waals surface area contributed by atoms with Crippen molar-refractivity contribution < 1.29 is 14.0 Å². The molecule has 0 bridgehead atoms. The molecule has 6 nitrogen and oxygen atoms in total. The minimum Gasteiger partial charge on any atom is -0.467 e. The summed E-state index contributed by atoms with van der Waals surface area (Å²) in [7, 11) is 0. The lowest BCUT2D eigenvalue weighted by molar-refractivity contribution is 0.0943. The number of rotatable bonds is 5. The number of benzene rings is 1. The zero-order chi connectivity index (χ0) is 19.4. The van der Waals surface area contributed by atoms with Gasteiger partial charge < -0.3 is 15.1 Å². The summed E-state index contributed by atoms with van der Waals surface area (Å²) in [4.78, 5) is 28.9. The third-order valence-electron chi connectivity index (χ3n) is 3.93. The van der Waals surface area contributed by atoms with E-state index in [1.165, 1.54) is 24.6 Å². The van der Waals surface area contributed by atoms with Crippen molar-refractivity contribution in [3.8, 4) is 0 Å². The highest BCUT2D eigenvalue weighted by Gasteiger charge is 2.14. The smallest absolute Gasteiger partial charge is 0.270 e. The molecule has 0 saturated heterocycles. The number of aryl methyl sites for hydroxylation is 2. The van der Waals surface area contributed by atoms with E-state index >= 15 is 0 Å². The van der Waals surface area contributed by atoms with Gasteiger partial charge in [-0.1, -0.05) is 17.7 Å². The Morgan fingerprint density at radius 2 is 1.96 bits per heavy atom. The van der Waals surface area contributed by atoms with Crippen molar-refractivity contribution in [3.63, 3.8) is 0 Å². The number of carbonyl (C=O) groups is 2. The fraction of sp³-hybridized carbons (Fsp3) is 0.150. The van der Waals surface area contributed by atoms with E-state index < -0.39 is 5.91 Å². The number of furan rings is 1. The molecule has 3 aromatic rings. The van der Waals surface area contributed by atoms with Crippen LogP contribution in [0.4, 0.5) is 5.69 Å². The van der Waals surface area contributed by atoms with Crippen molar-refractivity contribution in [2.75, 3.05) is 5.32 Å². The maximum absolute atomic E-state index is 12.6. The monoisotopic (exact) mass is 383 g/mol. The van der Waals surface area contributed by atoms with E-state index in [9.17, 15) is 9.59 Å². The molecular weight excluding hydrogens is 366 g/mol. The zero-order valence-electron chi connectivity index (χ0n) is 14.9. The molecule has 1 aromatic carbocycles. The van der Waals surface area contributed by atoms with Gasteiger partial charge in [0, 0.05) is 11.8 Å². The first kappa shape index (κ1) is 18.7. The van der Waals surface area contributed by atoms with Crippen molar-refractivity contribution in [2.45, 2.75) is 20.4 Å². The van der Waals surface area contributed by atoms with E-state index in [4.69, 9.17) is 16.0 Å². The second kappa shape index (κ2) is 8.05. The summed E-state index contributed by atoms with van der Waals surface area (Å²) < 4.78 is 5.17. The molecule has 27 heavy (non-hydrogen) atoms. The lowest BCUT2D eigenvalue weighted by Crippen LogP contribution is -2.24. The Bertz CT molecular complexity index is 961. The van der Waals surface area contributed by atoms with Gasteiger partial charge in [0.15, 0.2) is 0 Å². The maximum atomic E-state index is 12.6. The van der Waals surface area contributed by atoms with E-state index in [1.54, 1.807) is 18.2 Å². The van der Waals surface area contributed by atoms with Gasteiger partial charge in [-0.25, -0.2) is 0 Å². The first-order valence-corrected chi connectivity index (χ1v) is 8.66. The summed E-state index contributed by atoms with van der Waals surface area (Å²) in [6.07, 6.45) is 2.95. The highest BCUT2D eigenvalue weighted by molar-refractivity contribution is 6.34. The van der Waals surface area contributed by atoms with Gasteiger partial charge >= 0.3 is 0 Å². The number of anilines is 1. The molecule has 7 heteroatoms. The Labute approximate surface area is 161 Å². The number of amides is 2. The third-order valence-corrected chi connectivity index (χ3v) is 4.23. The van der Waals surface area contributed by atoms with Crippen LogP contribution in [0.25, 0.3) is 0 Å². The summed E-state index contributed by atoms with van der Waals surface area (Å²) in [6, 6.07) is 10.2. The number of hydrogen-bond donors (Lipinski definition) is 2. The fourth-order valence-corrected chi connectivity index (χ4v) is 3.00. The van der Waals surface area contributed by atoms with Crippen LogP contribution >= 0.6 is 11.6 Å². The van der Waals surface area contributed by atoms with Crippen LogP contribution in [-0.4, -0.2) is 16.8 Å². The van der Waals surface area contributed by atoms with E-state index in [0.717, 1.165) is 11.1 Å². The first-order valence-electron chi connectivity index (χ1n) is 8.29. The Hall–Kier alpha value is -3.12. The van der Waals surface area contributed by atoms with Crippen LogP contribution in [0, 0.1) is 13.8 Å². The zero-order valence-corrected chi connectivity index (χ0v) is 15.6. The molecule has 2 amide bonds. The van der Waals surface area contributed by atoms with Crippen LogP contribution in [-0.2, 0) is 6.54 Å². The number of hydrogen-bond acceptors (Lipinski definition) is 4. The molecule has 0 fully saturated rings. The Morgan fingerprint density at radius 3 is 2.67 bits per heavy atom. The standard InChI is InChI=1S/C20H18ClN3O3/c1-12-8-13(2)18(16(21)9-12)24-19(25)14-5-6-22-17(10-14)20(26)23-11-15-4-3-7-27-15/h3-10H,11H2,1-2H3,(H,23,26)(H,24,25). The normalized spacial score (nSPS) is 10.5. The quantitative estimate of drug-likeness (QED) is 0.693. The number of pyridine rings is 1. The molecule has 0 aliphatic carbocycles. The van der Waals surface area contributed by atoms with Gasteiger partial charge in [0.25, 0.3) is 11.8 Å². The van der Waals surface area contributed by atoms with Crippen LogP contribution < -0.4 is 10.6 Å². The minimum absolute atomic E-state index is 0.140. The molecule has 0 spiro atoms. The van der Waals surface area contributed by atoms with E-state index in [0.29, 0.717) is 22.0 Å². The van der Waals surface area contributed by atoms with Crippen LogP contribution in [0.3, 0.4) is 0 Å². The molecule has 0 radical (unpaired) electrons. The first-order chi connectivity index (χ1) is 12.9. The van der Waals surface area contributed by atoms with E-state index in [1.807, 2.05) is 19.9 Å². The SMILES string of the molecule is Cc1cc(C)c(NC(=O)c2ccnc(C(=O)NCc3ccco3)c2)c(Cl)c1. The number of aromatic nitrogens is 1. The summed E-state index contributed by atoms with van der Waals surface area (Å²) in [6.45, 7) is 4.04. The molecule has 0 aliphatic heterocycles. The van der Waals surface area contributed by atoms with Gasteiger partial charge in [0.2, 0.25) is 0 Å². The number of nitrogens with zero attached hydrogens (tertiary/aromatic N) is 1. The molecule has 0 saturated carbocycles. The minimum atomic E-state index is -0.398. The van der Waals surface area contributed by atoms with Gasteiger partial charge in [-0.2, -0.15) is 0 Å². The van der Waals surface area contributed by atoms with Gasteiger partial charge in [-0.15, -0.1) is 0 Å². The Kier molecular flexibility index (Phi) is 5.57. The molecule has 0 unspecified atom stereocenters.